The third-order valence-corrected chi connectivity index (χ3v) is 4.70. The fourth-order valence-corrected chi connectivity index (χ4v) is 3.21. The minimum atomic E-state index is -4.49. The molecule has 0 spiro atoms. The van der Waals surface area contributed by atoms with Crippen molar-refractivity contribution in [3.8, 4) is 22.5 Å². The Kier molecular flexibility index (Phi) is 4.77. The molecule has 0 bridgehead atoms. The highest BCUT2D eigenvalue weighted by Gasteiger charge is 2.32. The normalized spacial score (nSPS) is 11.6. The summed E-state index contributed by atoms with van der Waals surface area (Å²) in [6, 6.07) is 14.9. The first-order valence-corrected chi connectivity index (χ1v) is 9.08. The van der Waals surface area contributed by atoms with Gasteiger partial charge in [-0.3, -0.25) is 4.79 Å². The van der Waals surface area contributed by atoms with Crippen LogP contribution in [0.25, 0.3) is 33.4 Å². The summed E-state index contributed by atoms with van der Waals surface area (Å²) in [6.07, 6.45) is -3.65. The van der Waals surface area contributed by atoms with Crippen molar-refractivity contribution < 1.29 is 13.2 Å². The van der Waals surface area contributed by atoms with Crippen molar-refractivity contribution >= 4 is 16.7 Å². The average Bonchev–Trinajstić information content (AvgIpc) is 2.72. The van der Waals surface area contributed by atoms with Crippen LogP contribution in [0.3, 0.4) is 0 Å². The Balaban J connectivity index is 1.78. The molecule has 0 saturated heterocycles. The number of pyridine rings is 1. The van der Waals surface area contributed by atoms with Gasteiger partial charge in [-0.2, -0.15) is 13.2 Å². The zero-order chi connectivity index (χ0) is 21.5. The molecule has 0 aliphatic carbocycles. The number of fused-ring (bicyclic) bond motifs is 1. The van der Waals surface area contributed by atoms with E-state index < -0.39 is 11.7 Å². The van der Waals surface area contributed by atoms with Gasteiger partial charge in [-0.25, -0.2) is 9.97 Å². The predicted molar refractivity (Wildman–Crippen MR) is 110 cm³/mol. The van der Waals surface area contributed by atoms with Gasteiger partial charge < -0.3 is 9.88 Å². The molecule has 2 aromatic heterocycles. The Labute approximate surface area is 169 Å². The summed E-state index contributed by atoms with van der Waals surface area (Å²) < 4.78 is 39.5. The first-order valence-electron chi connectivity index (χ1n) is 9.08. The SMILES string of the molecule is CN(C)c1ncc(C(F)(F)F)cc1-c1ccc(-c2nc3ccccc3c(=O)[nH]2)cc1. The monoisotopic (exact) mass is 410 g/mol. The van der Waals surface area contributed by atoms with Gasteiger partial charge in [0.05, 0.1) is 16.5 Å². The van der Waals surface area contributed by atoms with Crippen LogP contribution in [-0.2, 0) is 6.18 Å². The third-order valence-electron chi connectivity index (χ3n) is 4.70. The van der Waals surface area contributed by atoms with E-state index in [1.54, 1.807) is 67.5 Å². The number of hydrogen-bond donors (Lipinski definition) is 1. The number of nitrogens with one attached hydrogen (secondary N) is 1. The van der Waals surface area contributed by atoms with E-state index in [1.165, 1.54) is 0 Å². The Morgan fingerprint density at radius 1 is 0.967 bits per heavy atom. The maximum atomic E-state index is 13.2. The highest BCUT2D eigenvalue weighted by molar-refractivity contribution is 5.80. The van der Waals surface area contributed by atoms with Crippen molar-refractivity contribution in [1.82, 2.24) is 15.0 Å². The molecule has 5 nitrogen and oxygen atoms in total. The molecule has 0 amide bonds. The molecule has 0 saturated carbocycles. The second kappa shape index (κ2) is 7.29. The zero-order valence-electron chi connectivity index (χ0n) is 16.2. The fraction of sp³-hybridized carbons (Fsp3) is 0.136. The van der Waals surface area contributed by atoms with E-state index in [4.69, 9.17) is 0 Å². The molecule has 2 aromatic carbocycles. The molecule has 4 rings (SSSR count). The average molecular weight is 410 g/mol. The molecule has 0 aliphatic heterocycles. The Morgan fingerprint density at radius 2 is 1.63 bits per heavy atom. The van der Waals surface area contributed by atoms with Crippen LogP contribution in [0.2, 0.25) is 0 Å². The van der Waals surface area contributed by atoms with E-state index in [-0.39, 0.29) is 5.56 Å². The molecular weight excluding hydrogens is 393 g/mol. The topological polar surface area (TPSA) is 61.9 Å². The first-order chi connectivity index (χ1) is 14.2. The largest absolute Gasteiger partial charge is 0.417 e. The molecule has 0 unspecified atom stereocenters. The fourth-order valence-electron chi connectivity index (χ4n) is 3.21. The number of rotatable bonds is 3. The number of hydrogen-bond acceptors (Lipinski definition) is 4. The number of H-pyrrole nitrogens is 1. The quantitative estimate of drug-likeness (QED) is 0.530. The lowest BCUT2D eigenvalue weighted by Crippen LogP contribution is -2.14. The summed E-state index contributed by atoms with van der Waals surface area (Å²) in [4.78, 5) is 25.2. The molecule has 2 heterocycles. The van der Waals surface area contributed by atoms with Crippen molar-refractivity contribution in [3.63, 3.8) is 0 Å². The highest BCUT2D eigenvalue weighted by atomic mass is 19.4. The van der Waals surface area contributed by atoms with Crippen LogP contribution in [0.1, 0.15) is 5.56 Å². The van der Waals surface area contributed by atoms with Crippen LogP contribution in [0.5, 0.6) is 0 Å². The van der Waals surface area contributed by atoms with E-state index in [1.807, 2.05) is 0 Å². The molecular formula is C22H17F3N4O. The van der Waals surface area contributed by atoms with Gasteiger partial charge in [-0.1, -0.05) is 36.4 Å². The third kappa shape index (κ3) is 3.63. The van der Waals surface area contributed by atoms with Gasteiger partial charge in [0.2, 0.25) is 0 Å². The minimum absolute atomic E-state index is 0.253. The molecule has 30 heavy (non-hydrogen) atoms. The standard InChI is InChI=1S/C22H17F3N4O/c1-29(2)20-17(11-15(12-26-20)22(23,24)25)13-7-9-14(10-8-13)19-27-18-6-4-3-5-16(18)21(30)28-19/h3-12H,1-2H3,(H,27,28,30). The van der Waals surface area contributed by atoms with E-state index >= 15 is 0 Å². The molecule has 0 aliphatic rings. The molecule has 0 fully saturated rings. The second-order valence-corrected chi connectivity index (χ2v) is 7.00. The maximum absolute atomic E-state index is 13.2. The lowest BCUT2D eigenvalue weighted by atomic mass is 10.0. The lowest BCUT2D eigenvalue weighted by molar-refractivity contribution is -0.137. The Morgan fingerprint density at radius 3 is 2.30 bits per heavy atom. The second-order valence-electron chi connectivity index (χ2n) is 7.00. The molecule has 0 atom stereocenters. The summed E-state index contributed by atoms with van der Waals surface area (Å²) in [5.41, 5.74) is 1.08. The van der Waals surface area contributed by atoms with Crippen molar-refractivity contribution in [1.29, 1.82) is 0 Å². The van der Waals surface area contributed by atoms with Gasteiger partial charge in [-0.15, -0.1) is 0 Å². The van der Waals surface area contributed by atoms with Gasteiger partial charge >= 0.3 is 6.18 Å². The lowest BCUT2D eigenvalue weighted by Gasteiger charge is -2.18. The van der Waals surface area contributed by atoms with Crippen LogP contribution >= 0.6 is 0 Å². The molecule has 1 N–H and O–H groups in total. The summed E-state index contributed by atoms with van der Waals surface area (Å²) in [5.74, 6) is 0.813. The number of alkyl halides is 3. The number of para-hydroxylation sites is 1. The van der Waals surface area contributed by atoms with Gasteiger partial charge in [0.15, 0.2) is 0 Å². The maximum Gasteiger partial charge on any atom is 0.417 e. The summed E-state index contributed by atoms with van der Waals surface area (Å²) in [5, 5.41) is 0.489. The Bertz CT molecular complexity index is 1280. The number of anilines is 1. The predicted octanol–water partition coefficient (Wildman–Crippen LogP) is 4.74. The van der Waals surface area contributed by atoms with Crippen molar-refractivity contribution in [2.24, 2.45) is 0 Å². The van der Waals surface area contributed by atoms with E-state index in [9.17, 15) is 18.0 Å². The highest BCUT2D eigenvalue weighted by Crippen LogP contribution is 2.36. The van der Waals surface area contributed by atoms with Crippen molar-refractivity contribution in [2.75, 3.05) is 19.0 Å². The summed E-state index contributed by atoms with van der Waals surface area (Å²) in [7, 11) is 3.44. The van der Waals surface area contributed by atoms with Gasteiger partial charge in [0.1, 0.15) is 11.6 Å². The summed E-state index contributed by atoms with van der Waals surface area (Å²) in [6.45, 7) is 0. The van der Waals surface area contributed by atoms with Crippen LogP contribution in [-0.4, -0.2) is 29.0 Å². The molecule has 0 radical (unpaired) electrons. The number of benzene rings is 2. The Hall–Kier alpha value is -3.68. The zero-order valence-corrected chi connectivity index (χ0v) is 16.2. The van der Waals surface area contributed by atoms with Gasteiger partial charge in [0, 0.05) is 31.4 Å². The molecule has 8 heteroatoms. The summed E-state index contributed by atoms with van der Waals surface area (Å²) >= 11 is 0. The van der Waals surface area contributed by atoms with Crippen LogP contribution in [0.15, 0.2) is 65.6 Å². The van der Waals surface area contributed by atoms with Gasteiger partial charge in [0.25, 0.3) is 5.56 Å². The smallest absolute Gasteiger partial charge is 0.362 e. The van der Waals surface area contributed by atoms with Crippen molar-refractivity contribution in [2.45, 2.75) is 6.18 Å². The van der Waals surface area contributed by atoms with E-state index in [0.717, 1.165) is 12.3 Å². The molecule has 4 aromatic rings. The number of halogens is 3. The van der Waals surface area contributed by atoms with Crippen LogP contribution < -0.4 is 10.5 Å². The first kappa shape index (κ1) is 19.6. The van der Waals surface area contributed by atoms with Crippen LogP contribution in [0.4, 0.5) is 19.0 Å². The van der Waals surface area contributed by atoms with E-state index in [2.05, 4.69) is 15.0 Å². The molecule has 152 valence electrons. The number of aromatic nitrogens is 3. The minimum Gasteiger partial charge on any atom is -0.362 e. The number of nitrogens with zero attached hydrogens (tertiary/aromatic N) is 3. The van der Waals surface area contributed by atoms with Crippen LogP contribution in [0, 0.1) is 0 Å². The van der Waals surface area contributed by atoms with E-state index in [0.29, 0.717) is 39.2 Å². The van der Waals surface area contributed by atoms with Gasteiger partial charge in [-0.05, 0) is 23.8 Å². The number of aromatic amines is 1. The van der Waals surface area contributed by atoms with Crippen molar-refractivity contribution in [3.05, 3.63) is 76.7 Å².